The lowest BCUT2D eigenvalue weighted by Crippen LogP contribution is -2.37. The Balaban J connectivity index is 0.000000921. The second-order valence-corrected chi connectivity index (χ2v) is 4.33. The monoisotopic (exact) mass is 213 g/mol. The molecule has 0 radical (unpaired) electrons. The Bertz CT molecular complexity index is 189. The highest BCUT2D eigenvalue weighted by atomic mass is 16.5. The molecule has 1 rings (SSSR count). The second kappa shape index (κ2) is 7.02. The van der Waals surface area contributed by atoms with Crippen LogP contribution in [0.25, 0.3) is 0 Å². The molecule has 0 aromatic heterocycles. The Hall–Kier alpha value is -0.340. The first-order valence-electron chi connectivity index (χ1n) is 6.03. The zero-order valence-electron chi connectivity index (χ0n) is 11.2. The van der Waals surface area contributed by atoms with Gasteiger partial charge in [0.2, 0.25) is 0 Å². The smallest absolute Gasteiger partial charge is 0.0708 e. The lowest BCUT2D eigenvalue weighted by Gasteiger charge is -2.27. The van der Waals surface area contributed by atoms with Crippen LogP contribution in [0.1, 0.15) is 41.0 Å². The zero-order valence-corrected chi connectivity index (χ0v) is 11.2. The van der Waals surface area contributed by atoms with Crippen LogP contribution in [0.4, 0.5) is 0 Å². The third kappa shape index (κ3) is 4.80. The topological polar surface area (TPSA) is 12.5 Å². The predicted molar refractivity (Wildman–Crippen MR) is 67.2 cm³/mol. The standard InChI is InChI=1S/C11H21NO.C2H6/c1-8(2)13-10(4)11-6-9(3)7-12(11)5;1-2/h8,10-11H,3,6-7H2,1-2,4-5H3;1-2H3. The number of nitrogens with zero attached hydrogens (tertiary/aromatic N) is 1. The fraction of sp³-hybridized carbons (Fsp3) is 0.846. The maximum Gasteiger partial charge on any atom is 0.0708 e. The van der Waals surface area contributed by atoms with Crippen molar-refractivity contribution in [2.45, 2.75) is 59.3 Å². The maximum absolute atomic E-state index is 5.77. The molecule has 90 valence electrons. The number of hydrogen-bond acceptors (Lipinski definition) is 2. The van der Waals surface area contributed by atoms with Crippen molar-refractivity contribution in [2.75, 3.05) is 13.6 Å². The first kappa shape index (κ1) is 14.7. The maximum atomic E-state index is 5.77. The van der Waals surface area contributed by atoms with Crippen molar-refractivity contribution in [3.05, 3.63) is 12.2 Å². The summed E-state index contributed by atoms with van der Waals surface area (Å²) in [5.74, 6) is 0. The Morgan fingerprint density at radius 3 is 2.20 bits per heavy atom. The molecule has 1 heterocycles. The van der Waals surface area contributed by atoms with Crippen LogP contribution in [-0.2, 0) is 4.74 Å². The summed E-state index contributed by atoms with van der Waals surface area (Å²) in [6.45, 7) is 15.4. The zero-order chi connectivity index (χ0) is 12.0. The van der Waals surface area contributed by atoms with Crippen molar-refractivity contribution in [1.82, 2.24) is 4.90 Å². The molecule has 1 saturated heterocycles. The first-order chi connectivity index (χ1) is 7.00. The SMILES string of the molecule is C=C1CC(C(C)OC(C)C)N(C)C1.CC. The van der Waals surface area contributed by atoms with Gasteiger partial charge in [-0.3, -0.25) is 4.90 Å². The van der Waals surface area contributed by atoms with E-state index in [9.17, 15) is 0 Å². The van der Waals surface area contributed by atoms with Crippen molar-refractivity contribution in [1.29, 1.82) is 0 Å². The fourth-order valence-electron chi connectivity index (χ4n) is 2.03. The van der Waals surface area contributed by atoms with Crippen LogP contribution in [0.15, 0.2) is 12.2 Å². The third-order valence-corrected chi connectivity index (χ3v) is 2.57. The number of rotatable bonds is 3. The van der Waals surface area contributed by atoms with Crippen molar-refractivity contribution < 1.29 is 4.74 Å². The lowest BCUT2D eigenvalue weighted by atomic mass is 10.1. The summed E-state index contributed by atoms with van der Waals surface area (Å²) in [5, 5.41) is 0. The van der Waals surface area contributed by atoms with E-state index in [0.29, 0.717) is 18.2 Å². The highest BCUT2D eigenvalue weighted by Crippen LogP contribution is 2.23. The normalized spacial score (nSPS) is 23.9. The van der Waals surface area contributed by atoms with Crippen LogP contribution >= 0.6 is 0 Å². The van der Waals surface area contributed by atoms with E-state index in [2.05, 4.69) is 39.3 Å². The molecule has 0 saturated carbocycles. The van der Waals surface area contributed by atoms with E-state index >= 15 is 0 Å². The number of likely N-dealkylation sites (N-methyl/N-ethyl adjacent to an activating group) is 1. The van der Waals surface area contributed by atoms with Gasteiger partial charge < -0.3 is 4.74 Å². The molecule has 15 heavy (non-hydrogen) atoms. The molecule has 1 fully saturated rings. The van der Waals surface area contributed by atoms with Crippen molar-refractivity contribution in [3.8, 4) is 0 Å². The average Bonchev–Trinajstić information content (AvgIpc) is 2.47. The number of hydrogen-bond donors (Lipinski definition) is 0. The van der Waals surface area contributed by atoms with Crippen molar-refractivity contribution in [2.24, 2.45) is 0 Å². The summed E-state index contributed by atoms with van der Waals surface area (Å²) >= 11 is 0. The number of ether oxygens (including phenoxy) is 1. The quantitative estimate of drug-likeness (QED) is 0.668. The first-order valence-corrected chi connectivity index (χ1v) is 6.03. The van der Waals surface area contributed by atoms with Gasteiger partial charge >= 0.3 is 0 Å². The highest BCUT2D eigenvalue weighted by molar-refractivity contribution is 5.08. The summed E-state index contributed by atoms with van der Waals surface area (Å²) in [6.07, 6.45) is 1.71. The van der Waals surface area contributed by atoms with Gasteiger partial charge in [0.15, 0.2) is 0 Å². The Labute approximate surface area is 95.3 Å². The van der Waals surface area contributed by atoms with Gasteiger partial charge in [0, 0.05) is 12.6 Å². The molecule has 0 bridgehead atoms. The van der Waals surface area contributed by atoms with Gasteiger partial charge in [0.05, 0.1) is 12.2 Å². The van der Waals surface area contributed by atoms with Crippen LogP contribution in [0.3, 0.4) is 0 Å². The Kier molecular flexibility index (Phi) is 6.86. The minimum atomic E-state index is 0.309. The summed E-state index contributed by atoms with van der Waals surface area (Å²) < 4.78 is 5.77. The predicted octanol–water partition coefficient (Wildman–Crippen LogP) is 3.09. The molecule has 1 aliphatic heterocycles. The van der Waals surface area contributed by atoms with Crippen molar-refractivity contribution >= 4 is 0 Å². The minimum absolute atomic E-state index is 0.309. The van der Waals surface area contributed by atoms with Crippen molar-refractivity contribution in [3.63, 3.8) is 0 Å². The van der Waals surface area contributed by atoms with Crippen LogP contribution < -0.4 is 0 Å². The van der Waals surface area contributed by atoms with Crippen LogP contribution in [0.5, 0.6) is 0 Å². The average molecular weight is 213 g/mol. The van der Waals surface area contributed by atoms with Gasteiger partial charge in [-0.25, -0.2) is 0 Å². The van der Waals surface area contributed by atoms with E-state index in [0.717, 1.165) is 13.0 Å². The van der Waals surface area contributed by atoms with Gasteiger partial charge in [-0.2, -0.15) is 0 Å². The van der Waals surface area contributed by atoms with E-state index in [1.54, 1.807) is 0 Å². The van der Waals surface area contributed by atoms with Gasteiger partial charge in [-0.1, -0.05) is 26.0 Å². The molecule has 2 atom stereocenters. The minimum Gasteiger partial charge on any atom is -0.374 e. The molecule has 0 amide bonds. The van der Waals surface area contributed by atoms with E-state index in [4.69, 9.17) is 4.74 Å². The molecule has 2 nitrogen and oxygen atoms in total. The molecule has 0 aliphatic carbocycles. The largest absolute Gasteiger partial charge is 0.374 e. The molecule has 2 heteroatoms. The lowest BCUT2D eigenvalue weighted by molar-refractivity contribution is -0.0200. The van der Waals surface area contributed by atoms with Crippen LogP contribution in [0, 0.1) is 0 Å². The molecule has 0 N–H and O–H groups in total. The van der Waals surface area contributed by atoms with Gasteiger partial charge in [0.1, 0.15) is 0 Å². The summed E-state index contributed by atoms with van der Waals surface area (Å²) in [6, 6.07) is 0.523. The summed E-state index contributed by atoms with van der Waals surface area (Å²) in [7, 11) is 2.14. The molecule has 2 unspecified atom stereocenters. The third-order valence-electron chi connectivity index (χ3n) is 2.57. The van der Waals surface area contributed by atoms with Gasteiger partial charge in [-0.05, 0) is 34.2 Å². The highest BCUT2D eigenvalue weighted by Gasteiger charge is 2.29. The number of likely N-dealkylation sites (tertiary alicyclic amines) is 1. The van der Waals surface area contributed by atoms with E-state index in [1.807, 2.05) is 13.8 Å². The van der Waals surface area contributed by atoms with E-state index in [-0.39, 0.29) is 0 Å². The van der Waals surface area contributed by atoms with E-state index in [1.165, 1.54) is 5.57 Å². The molecule has 0 aromatic rings. The van der Waals surface area contributed by atoms with Crippen LogP contribution in [-0.4, -0.2) is 36.7 Å². The molecular formula is C13H27NO. The van der Waals surface area contributed by atoms with Gasteiger partial charge in [0.25, 0.3) is 0 Å². The second-order valence-electron chi connectivity index (χ2n) is 4.33. The summed E-state index contributed by atoms with van der Waals surface area (Å²) in [4.78, 5) is 2.33. The molecule has 0 spiro atoms. The summed E-state index contributed by atoms with van der Waals surface area (Å²) in [5.41, 5.74) is 1.33. The van der Waals surface area contributed by atoms with Gasteiger partial charge in [-0.15, -0.1) is 0 Å². The Morgan fingerprint density at radius 1 is 1.33 bits per heavy atom. The van der Waals surface area contributed by atoms with Crippen LogP contribution in [0.2, 0.25) is 0 Å². The Morgan fingerprint density at radius 2 is 1.87 bits per heavy atom. The fourth-order valence-corrected chi connectivity index (χ4v) is 2.03. The van der Waals surface area contributed by atoms with E-state index < -0.39 is 0 Å². The molecule has 0 aromatic carbocycles. The molecule has 1 aliphatic rings. The molecular weight excluding hydrogens is 186 g/mol.